The van der Waals surface area contributed by atoms with E-state index in [4.69, 9.17) is 4.74 Å². The van der Waals surface area contributed by atoms with Gasteiger partial charge in [-0.25, -0.2) is 9.18 Å². The van der Waals surface area contributed by atoms with E-state index in [0.29, 0.717) is 30.9 Å². The maximum Gasteiger partial charge on any atom is 0.414 e. The van der Waals surface area contributed by atoms with E-state index in [2.05, 4.69) is 5.32 Å². The van der Waals surface area contributed by atoms with E-state index in [1.54, 1.807) is 17.0 Å². The molecule has 2 N–H and O–H groups in total. The zero-order valence-corrected chi connectivity index (χ0v) is 13.4. The third-order valence-electron chi connectivity index (χ3n) is 4.26. The van der Waals surface area contributed by atoms with Crippen LogP contribution in [0.5, 0.6) is 0 Å². The average molecular weight is 337 g/mol. The summed E-state index contributed by atoms with van der Waals surface area (Å²) in [5.41, 5.74) is 0.787. The lowest BCUT2D eigenvalue weighted by Crippen LogP contribution is -2.42. The molecule has 24 heavy (non-hydrogen) atoms. The molecule has 7 nitrogen and oxygen atoms in total. The highest BCUT2D eigenvalue weighted by Crippen LogP contribution is 2.30. The molecule has 2 saturated heterocycles. The Kier molecular flexibility index (Phi) is 4.57. The van der Waals surface area contributed by atoms with Gasteiger partial charge in [-0.15, -0.1) is 0 Å². The molecule has 2 aliphatic rings. The van der Waals surface area contributed by atoms with Gasteiger partial charge in [-0.3, -0.25) is 9.69 Å². The molecule has 0 aromatic heterocycles. The number of cyclic esters (lactones) is 1. The zero-order chi connectivity index (χ0) is 17.3. The molecular weight excluding hydrogens is 317 g/mol. The van der Waals surface area contributed by atoms with Gasteiger partial charge in [0.25, 0.3) is 0 Å². The average Bonchev–Trinajstić information content (AvgIpc) is 3.11. The van der Waals surface area contributed by atoms with Gasteiger partial charge in [0.2, 0.25) is 5.91 Å². The van der Waals surface area contributed by atoms with Crippen molar-refractivity contribution in [3.05, 3.63) is 24.0 Å². The second-order valence-corrected chi connectivity index (χ2v) is 6.06. The number of aliphatic hydroxyl groups excluding tert-OH is 1. The van der Waals surface area contributed by atoms with Crippen LogP contribution in [0.15, 0.2) is 18.2 Å². The summed E-state index contributed by atoms with van der Waals surface area (Å²) in [7, 11) is 0. The largest absolute Gasteiger partial charge is 0.447 e. The standard InChI is InChI=1S/C16H20FN3O4/c1-10(21)18-7-12-9-24-16(23)20(12)11-2-3-15(14(17)6-11)19-5-4-13(22)8-19/h2-3,6,12-13,22H,4-5,7-9H2,1H3,(H,18,21)/t12?,13-/m0/s1. The molecule has 0 spiro atoms. The number of hydrogen-bond acceptors (Lipinski definition) is 5. The summed E-state index contributed by atoms with van der Waals surface area (Å²) in [5.74, 6) is -0.664. The van der Waals surface area contributed by atoms with Crippen molar-refractivity contribution in [2.75, 3.05) is 36.0 Å². The van der Waals surface area contributed by atoms with E-state index >= 15 is 0 Å². The fraction of sp³-hybridized carbons (Fsp3) is 0.500. The molecule has 1 unspecified atom stereocenters. The van der Waals surface area contributed by atoms with Crippen LogP contribution in [-0.2, 0) is 9.53 Å². The number of ether oxygens (including phenoxy) is 1. The zero-order valence-electron chi connectivity index (χ0n) is 13.4. The Morgan fingerprint density at radius 2 is 2.29 bits per heavy atom. The summed E-state index contributed by atoms with van der Waals surface area (Å²) in [4.78, 5) is 26.1. The van der Waals surface area contributed by atoms with E-state index in [1.807, 2.05) is 0 Å². The van der Waals surface area contributed by atoms with Crippen LogP contribution in [-0.4, -0.2) is 55.5 Å². The molecule has 2 fully saturated rings. The summed E-state index contributed by atoms with van der Waals surface area (Å²) in [5, 5.41) is 12.2. The number of nitrogens with zero attached hydrogens (tertiary/aromatic N) is 2. The number of anilines is 2. The lowest BCUT2D eigenvalue weighted by Gasteiger charge is -2.24. The van der Waals surface area contributed by atoms with Gasteiger partial charge >= 0.3 is 6.09 Å². The highest BCUT2D eigenvalue weighted by atomic mass is 19.1. The molecule has 1 aromatic carbocycles. The number of aliphatic hydroxyl groups is 1. The van der Waals surface area contributed by atoms with Crippen molar-refractivity contribution >= 4 is 23.4 Å². The van der Waals surface area contributed by atoms with E-state index in [0.717, 1.165) is 0 Å². The summed E-state index contributed by atoms with van der Waals surface area (Å²) >= 11 is 0. The molecule has 2 amide bonds. The number of benzene rings is 1. The Labute approximate surface area is 139 Å². The number of rotatable bonds is 4. The number of halogens is 1. The number of carbonyl (C=O) groups excluding carboxylic acids is 2. The summed E-state index contributed by atoms with van der Waals surface area (Å²) < 4.78 is 19.5. The Morgan fingerprint density at radius 3 is 2.92 bits per heavy atom. The highest BCUT2D eigenvalue weighted by molar-refractivity contribution is 5.90. The second-order valence-electron chi connectivity index (χ2n) is 6.06. The molecule has 1 aromatic rings. The lowest BCUT2D eigenvalue weighted by atomic mass is 10.2. The molecule has 2 heterocycles. The van der Waals surface area contributed by atoms with Crippen molar-refractivity contribution in [3.8, 4) is 0 Å². The first-order chi connectivity index (χ1) is 11.5. The Balaban J connectivity index is 1.79. The van der Waals surface area contributed by atoms with E-state index < -0.39 is 18.0 Å². The van der Waals surface area contributed by atoms with E-state index in [-0.39, 0.29) is 25.1 Å². The fourth-order valence-corrected chi connectivity index (χ4v) is 3.05. The maximum absolute atomic E-state index is 14.5. The second kappa shape index (κ2) is 6.64. The monoisotopic (exact) mass is 337 g/mol. The lowest BCUT2D eigenvalue weighted by molar-refractivity contribution is -0.119. The molecular formula is C16H20FN3O4. The van der Waals surface area contributed by atoms with Crippen molar-refractivity contribution < 1.29 is 23.8 Å². The van der Waals surface area contributed by atoms with Gasteiger partial charge in [0.05, 0.1) is 23.5 Å². The molecule has 3 rings (SSSR count). The first kappa shape index (κ1) is 16.5. The summed E-state index contributed by atoms with van der Waals surface area (Å²) in [6, 6.07) is 4.16. The van der Waals surface area contributed by atoms with Crippen LogP contribution in [0, 0.1) is 5.82 Å². The predicted molar refractivity (Wildman–Crippen MR) is 85.5 cm³/mol. The smallest absolute Gasteiger partial charge is 0.414 e. The quantitative estimate of drug-likeness (QED) is 0.851. The first-order valence-electron chi connectivity index (χ1n) is 7.88. The molecule has 2 atom stereocenters. The topological polar surface area (TPSA) is 82.1 Å². The minimum Gasteiger partial charge on any atom is -0.447 e. The van der Waals surface area contributed by atoms with Crippen molar-refractivity contribution in [2.45, 2.75) is 25.5 Å². The van der Waals surface area contributed by atoms with Gasteiger partial charge in [0.15, 0.2) is 0 Å². The highest BCUT2D eigenvalue weighted by Gasteiger charge is 2.35. The maximum atomic E-state index is 14.5. The third kappa shape index (κ3) is 3.28. The van der Waals surface area contributed by atoms with E-state index in [1.165, 1.54) is 17.9 Å². The van der Waals surface area contributed by atoms with E-state index in [9.17, 15) is 19.1 Å². The third-order valence-corrected chi connectivity index (χ3v) is 4.26. The normalized spacial score (nSPS) is 23.5. The Morgan fingerprint density at radius 1 is 1.50 bits per heavy atom. The van der Waals surface area contributed by atoms with Crippen LogP contribution in [0.2, 0.25) is 0 Å². The Bertz CT molecular complexity index is 654. The SMILES string of the molecule is CC(=O)NCC1COC(=O)N1c1ccc(N2CC[C@H](O)C2)c(F)c1. The molecule has 0 radical (unpaired) electrons. The Hall–Kier alpha value is -2.35. The first-order valence-corrected chi connectivity index (χ1v) is 7.88. The molecule has 0 saturated carbocycles. The molecule has 0 bridgehead atoms. The molecule has 130 valence electrons. The number of amides is 2. The van der Waals surface area contributed by atoms with Crippen molar-refractivity contribution in [1.82, 2.24) is 5.32 Å². The number of carbonyl (C=O) groups is 2. The van der Waals surface area contributed by atoms with Gasteiger partial charge in [0, 0.05) is 26.6 Å². The van der Waals surface area contributed by atoms with Crippen LogP contribution in [0.4, 0.5) is 20.6 Å². The minimum atomic E-state index is -0.561. The molecule has 0 aliphatic carbocycles. The summed E-state index contributed by atoms with van der Waals surface area (Å²) in [6.07, 6.45) is -0.396. The minimum absolute atomic E-state index is 0.140. The van der Waals surface area contributed by atoms with Gasteiger partial charge < -0.3 is 20.1 Å². The van der Waals surface area contributed by atoms with Crippen molar-refractivity contribution in [3.63, 3.8) is 0 Å². The van der Waals surface area contributed by atoms with Gasteiger partial charge in [0.1, 0.15) is 12.4 Å². The van der Waals surface area contributed by atoms with Crippen molar-refractivity contribution in [1.29, 1.82) is 0 Å². The van der Waals surface area contributed by atoms with Crippen molar-refractivity contribution in [2.24, 2.45) is 0 Å². The van der Waals surface area contributed by atoms with Gasteiger partial charge in [-0.2, -0.15) is 0 Å². The number of nitrogens with one attached hydrogen (secondary N) is 1. The summed E-state index contributed by atoms with van der Waals surface area (Å²) in [6.45, 7) is 2.76. The van der Waals surface area contributed by atoms with Gasteiger partial charge in [-0.05, 0) is 24.6 Å². The van der Waals surface area contributed by atoms with Crippen LogP contribution in [0.3, 0.4) is 0 Å². The number of hydrogen-bond donors (Lipinski definition) is 2. The number of β-amino-alcohol motifs (C(OH)–C–C–N with tert-alkyl or cyclic N) is 1. The predicted octanol–water partition coefficient (Wildman–Crippen LogP) is 0.858. The van der Waals surface area contributed by atoms with Crippen LogP contribution in [0.25, 0.3) is 0 Å². The fourth-order valence-electron chi connectivity index (χ4n) is 3.05. The molecule has 2 aliphatic heterocycles. The van der Waals surface area contributed by atoms with Crippen LogP contribution < -0.4 is 15.1 Å². The van der Waals surface area contributed by atoms with Crippen LogP contribution >= 0.6 is 0 Å². The molecule has 8 heteroatoms. The van der Waals surface area contributed by atoms with Gasteiger partial charge in [-0.1, -0.05) is 0 Å². The van der Waals surface area contributed by atoms with Crippen LogP contribution in [0.1, 0.15) is 13.3 Å².